The van der Waals surface area contributed by atoms with Gasteiger partial charge in [0.05, 0.1) is 24.5 Å². The molecule has 1 unspecified atom stereocenters. The van der Waals surface area contributed by atoms with Crippen molar-refractivity contribution in [2.24, 2.45) is 7.05 Å². The summed E-state index contributed by atoms with van der Waals surface area (Å²) >= 11 is 0. The van der Waals surface area contributed by atoms with Gasteiger partial charge in [0.25, 0.3) is 0 Å². The van der Waals surface area contributed by atoms with Gasteiger partial charge < -0.3 is 4.74 Å². The van der Waals surface area contributed by atoms with Crippen LogP contribution in [-0.4, -0.2) is 52.0 Å². The Morgan fingerprint density at radius 1 is 1.08 bits per heavy atom. The molecule has 4 heterocycles. The quantitative estimate of drug-likeness (QED) is 0.810. The summed E-state index contributed by atoms with van der Waals surface area (Å²) in [5.41, 5.74) is 0.951. The van der Waals surface area contributed by atoms with Gasteiger partial charge in [-0.1, -0.05) is 6.42 Å². The Labute approximate surface area is 153 Å². The number of hydrogen-bond acceptors (Lipinski definition) is 5. The number of sulfonamides is 1. The Morgan fingerprint density at radius 3 is 2.62 bits per heavy atom. The van der Waals surface area contributed by atoms with Crippen LogP contribution in [0.5, 0.6) is 0 Å². The zero-order valence-electron chi connectivity index (χ0n) is 15.0. The molecule has 2 aromatic heterocycles. The zero-order valence-corrected chi connectivity index (χ0v) is 15.8. The highest BCUT2D eigenvalue weighted by Crippen LogP contribution is 2.35. The van der Waals surface area contributed by atoms with E-state index in [1.54, 1.807) is 26.1 Å². The Hall–Kier alpha value is -1.71. The van der Waals surface area contributed by atoms with Crippen molar-refractivity contribution in [3.05, 3.63) is 30.4 Å². The van der Waals surface area contributed by atoms with Crippen molar-refractivity contribution >= 4 is 10.0 Å². The summed E-state index contributed by atoms with van der Waals surface area (Å²) in [4.78, 5) is 0.278. The van der Waals surface area contributed by atoms with Crippen LogP contribution in [0.2, 0.25) is 0 Å². The van der Waals surface area contributed by atoms with Crippen molar-refractivity contribution in [3.8, 4) is 0 Å². The highest BCUT2D eigenvalue weighted by atomic mass is 32.2. The van der Waals surface area contributed by atoms with Gasteiger partial charge in [0.1, 0.15) is 4.90 Å². The molecule has 2 aliphatic rings. The lowest BCUT2D eigenvalue weighted by Gasteiger charge is -2.33. The van der Waals surface area contributed by atoms with Crippen LogP contribution >= 0.6 is 0 Å². The molecule has 0 saturated carbocycles. The van der Waals surface area contributed by atoms with Crippen LogP contribution in [0.15, 0.2) is 29.7 Å². The summed E-state index contributed by atoms with van der Waals surface area (Å²) < 4.78 is 37.1. The molecule has 1 atom stereocenters. The SMILES string of the molecule is Cn1cc(C2CCCCN2S(=O)(=O)c2cnn(C3CCOCC3)c2)cn1. The number of nitrogens with zero attached hydrogens (tertiary/aromatic N) is 5. The molecule has 0 aromatic carbocycles. The average Bonchev–Trinajstić information content (AvgIpc) is 3.32. The second kappa shape index (κ2) is 7.13. The summed E-state index contributed by atoms with van der Waals surface area (Å²) in [6, 6.07) is 0.0528. The van der Waals surface area contributed by atoms with Crippen LogP contribution in [0, 0.1) is 0 Å². The van der Waals surface area contributed by atoms with E-state index in [0.717, 1.165) is 37.7 Å². The van der Waals surface area contributed by atoms with E-state index in [1.807, 2.05) is 13.2 Å². The molecule has 0 aliphatic carbocycles. The third-order valence-electron chi connectivity index (χ3n) is 5.31. The summed E-state index contributed by atoms with van der Waals surface area (Å²) in [7, 11) is -1.74. The molecule has 4 rings (SSSR count). The molecule has 0 amide bonds. The second-order valence-electron chi connectivity index (χ2n) is 7.07. The molecular formula is C17H25N5O3S. The minimum absolute atomic E-state index is 0.158. The topological polar surface area (TPSA) is 82.2 Å². The molecule has 0 spiro atoms. The maximum Gasteiger partial charge on any atom is 0.246 e. The third-order valence-corrected chi connectivity index (χ3v) is 7.17. The van der Waals surface area contributed by atoms with Crippen LogP contribution in [0.25, 0.3) is 0 Å². The molecule has 0 bridgehead atoms. The Balaban J connectivity index is 1.61. The zero-order chi connectivity index (χ0) is 18.1. The molecule has 2 aliphatic heterocycles. The highest BCUT2D eigenvalue weighted by Gasteiger charge is 2.36. The fraction of sp³-hybridized carbons (Fsp3) is 0.647. The standard InChI is InChI=1S/C17H25N5O3S/c1-20-12-14(10-18-20)17-4-2-3-7-22(17)26(23,24)16-11-19-21(13-16)15-5-8-25-9-6-15/h10-13,15,17H,2-9H2,1H3. The molecule has 0 radical (unpaired) electrons. The fourth-order valence-electron chi connectivity index (χ4n) is 3.88. The first-order valence-electron chi connectivity index (χ1n) is 9.18. The van der Waals surface area contributed by atoms with Crippen molar-refractivity contribution in [2.75, 3.05) is 19.8 Å². The lowest BCUT2D eigenvalue weighted by molar-refractivity contribution is 0.0662. The molecule has 2 saturated heterocycles. The van der Waals surface area contributed by atoms with Crippen LogP contribution < -0.4 is 0 Å². The van der Waals surface area contributed by atoms with Gasteiger partial charge in [0.2, 0.25) is 10.0 Å². The Kier molecular flexibility index (Phi) is 4.85. The highest BCUT2D eigenvalue weighted by molar-refractivity contribution is 7.89. The molecule has 142 valence electrons. The minimum atomic E-state index is -3.59. The normalized spacial score (nSPS) is 23.3. The van der Waals surface area contributed by atoms with Gasteiger partial charge in [-0.3, -0.25) is 9.36 Å². The van der Waals surface area contributed by atoms with Crippen molar-refractivity contribution in [1.82, 2.24) is 23.9 Å². The third kappa shape index (κ3) is 3.30. The van der Waals surface area contributed by atoms with E-state index in [2.05, 4.69) is 10.2 Å². The Bertz CT molecular complexity index is 853. The van der Waals surface area contributed by atoms with E-state index >= 15 is 0 Å². The van der Waals surface area contributed by atoms with Gasteiger partial charge in [0, 0.05) is 44.8 Å². The van der Waals surface area contributed by atoms with E-state index in [0.29, 0.717) is 19.8 Å². The average molecular weight is 379 g/mol. The largest absolute Gasteiger partial charge is 0.381 e. The maximum absolute atomic E-state index is 13.3. The van der Waals surface area contributed by atoms with Crippen LogP contribution in [0.3, 0.4) is 0 Å². The van der Waals surface area contributed by atoms with Crippen LogP contribution in [-0.2, 0) is 21.8 Å². The smallest absolute Gasteiger partial charge is 0.246 e. The fourth-order valence-corrected chi connectivity index (χ4v) is 5.50. The minimum Gasteiger partial charge on any atom is -0.381 e. The first kappa shape index (κ1) is 17.7. The van der Waals surface area contributed by atoms with E-state index in [4.69, 9.17) is 4.74 Å². The summed E-state index contributed by atoms with van der Waals surface area (Å²) in [5, 5.41) is 8.55. The monoisotopic (exact) mass is 379 g/mol. The van der Waals surface area contributed by atoms with Crippen LogP contribution in [0.1, 0.15) is 49.8 Å². The van der Waals surface area contributed by atoms with Gasteiger partial charge in [-0.25, -0.2) is 8.42 Å². The molecule has 2 aromatic rings. The maximum atomic E-state index is 13.3. The summed E-state index contributed by atoms with van der Waals surface area (Å²) in [5.74, 6) is 0. The van der Waals surface area contributed by atoms with Crippen molar-refractivity contribution in [2.45, 2.75) is 49.1 Å². The van der Waals surface area contributed by atoms with Crippen LogP contribution in [0.4, 0.5) is 0 Å². The lowest BCUT2D eigenvalue weighted by atomic mass is 10.0. The van der Waals surface area contributed by atoms with E-state index in [-0.39, 0.29) is 17.0 Å². The van der Waals surface area contributed by atoms with Gasteiger partial charge in [0.15, 0.2) is 0 Å². The van der Waals surface area contributed by atoms with E-state index in [1.165, 1.54) is 6.20 Å². The summed E-state index contributed by atoms with van der Waals surface area (Å²) in [6.45, 7) is 1.92. The number of rotatable bonds is 4. The van der Waals surface area contributed by atoms with E-state index in [9.17, 15) is 8.42 Å². The number of hydrogen-bond donors (Lipinski definition) is 0. The number of aryl methyl sites for hydroxylation is 1. The molecule has 2 fully saturated rings. The van der Waals surface area contributed by atoms with Crippen molar-refractivity contribution < 1.29 is 13.2 Å². The molecular weight excluding hydrogens is 354 g/mol. The van der Waals surface area contributed by atoms with E-state index < -0.39 is 10.0 Å². The van der Waals surface area contributed by atoms with Gasteiger partial charge in [-0.15, -0.1) is 0 Å². The lowest BCUT2D eigenvalue weighted by Crippen LogP contribution is -2.38. The molecule has 8 nitrogen and oxygen atoms in total. The number of piperidine rings is 1. The summed E-state index contributed by atoms with van der Waals surface area (Å²) in [6.07, 6.45) is 11.3. The predicted octanol–water partition coefficient (Wildman–Crippen LogP) is 1.88. The first-order chi connectivity index (χ1) is 12.6. The predicted molar refractivity (Wildman–Crippen MR) is 95.0 cm³/mol. The molecule has 9 heteroatoms. The van der Waals surface area contributed by atoms with Gasteiger partial charge in [-0.2, -0.15) is 14.5 Å². The Morgan fingerprint density at radius 2 is 1.88 bits per heavy atom. The molecule has 0 N–H and O–H groups in total. The molecule has 26 heavy (non-hydrogen) atoms. The van der Waals surface area contributed by atoms with Crippen molar-refractivity contribution in [3.63, 3.8) is 0 Å². The van der Waals surface area contributed by atoms with Gasteiger partial charge in [-0.05, 0) is 25.7 Å². The van der Waals surface area contributed by atoms with Crippen molar-refractivity contribution in [1.29, 1.82) is 0 Å². The first-order valence-corrected chi connectivity index (χ1v) is 10.6. The number of aromatic nitrogens is 4. The number of ether oxygens (including phenoxy) is 1. The second-order valence-corrected chi connectivity index (χ2v) is 8.96. The van der Waals surface area contributed by atoms with Gasteiger partial charge >= 0.3 is 0 Å².